The van der Waals surface area contributed by atoms with E-state index in [0.717, 1.165) is 17.2 Å². The van der Waals surface area contributed by atoms with Crippen LogP contribution in [0.2, 0.25) is 0 Å². The Morgan fingerprint density at radius 1 is 1.27 bits per heavy atom. The lowest BCUT2D eigenvalue weighted by atomic mass is 10.1. The van der Waals surface area contributed by atoms with Crippen LogP contribution in [-0.4, -0.2) is 52.6 Å². The zero-order chi connectivity index (χ0) is 21.5. The summed E-state index contributed by atoms with van der Waals surface area (Å²) in [4.78, 5) is 24.0. The monoisotopic (exact) mass is 427 g/mol. The molecular formula is C19H21F4N5O2. The molecule has 30 heavy (non-hydrogen) atoms. The van der Waals surface area contributed by atoms with Gasteiger partial charge in [-0.15, -0.1) is 0 Å². The first kappa shape index (κ1) is 20.6. The van der Waals surface area contributed by atoms with E-state index in [9.17, 15) is 22.4 Å². The maximum absolute atomic E-state index is 13.8. The summed E-state index contributed by atoms with van der Waals surface area (Å²) in [6, 6.07) is 1.93. The molecule has 1 fully saturated rings. The van der Waals surface area contributed by atoms with Gasteiger partial charge in [0.25, 0.3) is 5.56 Å². The third-order valence-electron chi connectivity index (χ3n) is 5.39. The van der Waals surface area contributed by atoms with E-state index in [2.05, 4.69) is 9.97 Å². The van der Waals surface area contributed by atoms with Crippen molar-refractivity contribution in [2.24, 2.45) is 0 Å². The maximum Gasteiger partial charge on any atom is 0.408 e. The highest BCUT2D eigenvalue weighted by molar-refractivity contribution is 5.47. The second-order valence-corrected chi connectivity index (χ2v) is 7.46. The van der Waals surface area contributed by atoms with Gasteiger partial charge in [0.1, 0.15) is 17.7 Å². The number of halogens is 4. The molecule has 4 rings (SSSR count). The number of anilines is 2. The molecule has 0 spiro atoms. The quantitative estimate of drug-likeness (QED) is 0.701. The smallest absolute Gasteiger partial charge is 0.377 e. The zero-order valence-electron chi connectivity index (χ0n) is 16.3. The van der Waals surface area contributed by atoms with E-state index < -0.39 is 23.6 Å². The Kier molecular flexibility index (Phi) is 5.39. The van der Waals surface area contributed by atoms with Crippen molar-refractivity contribution in [2.75, 3.05) is 29.6 Å². The summed E-state index contributed by atoms with van der Waals surface area (Å²) in [7, 11) is 0. The average molecular weight is 427 g/mol. The van der Waals surface area contributed by atoms with Gasteiger partial charge < -0.3 is 14.5 Å². The van der Waals surface area contributed by atoms with Gasteiger partial charge in [-0.3, -0.25) is 14.3 Å². The molecule has 1 unspecified atom stereocenters. The summed E-state index contributed by atoms with van der Waals surface area (Å²) in [6.45, 7) is 2.93. The molecule has 0 aliphatic carbocycles. The fourth-order valence-electron chi connectivity index (χ4n) is 3.87. The molecule has 2 aromatic rings. The first-order valence-corrected chi connectivity index (χ1v) is 9.64. The van der Waals surface area contributed by atoms with Crippen LogP contribution >= 0.6 is 0 Å². The van der Waals surface area contributed by atoms with Gasteiger partial charge in [-0.25, -0.2) is 4.39 Å². The summed E-state index contributed by atoms with van der Waals surface area (Å²) in [6.07, 6.45) is -3.86. The number of hydrogen-bond acceptors (Lipinski definition) is 6. The minimum Gasteiger partial charge on any atom is -0.377 e. The van der Waals surface area contributed by atoms with Gasteiger partial charge in [-0.2, -0.15) is 18.2 Å². The number of pyridine rings is 1. The van der Waals surface area contributed by atoms with Gasteiger partial charge in [0, 0.05) is 19.2 Å². The van der Waals surface area contributed by atoms with Crippen LogP contribution in [0.1, 0.15) is 19.0 Å². The molecule has 2 aliphatic rings. The number of fused-ring (bicyclic) bond motifs is 1. The molecular weight excluding hydrogens is 406 g/mol. The highest BCUT2D eigenvalue weighted by atomic mass is 19.4. The van der Waals surface area contributed by atoms with Crippen molar-refractivity contribution < 1.29 is 22.3 Å². The lowest BCUT2D eigenvalue weighted by molar-refractivity contribution is -0.153. The van der Waals surface area contributed by atoms with Crippen LogP contribution in [0, 0.1) is 5.82 Å². The largest absolute Gasteiger partial charge is 0.408 e. The number of hydrogen-bond donors (Lipinski definition) is 0. The van der Waals surface area contributed by atoms with Crippen molar-refractivity contribution in [3.63, 3.8) is 0 Å². The van der Waals surface area contributed by atoms with Crippen LogP contribution in [0.4, 0.5) is 29.3 Å². The number of morpholine rings is 1. The average Bonchev–Trinajstić information content (AvgIpc) is 2.69. The summed E-state index contributed by atoms with van der Waals surface area (Å²) < 4.78 is 61.3. The summed E-state index contributed by atoms with van der Waals surface area (Å²) >= 11 is 0. The maximum atomic E-state index is 13.8. The molecule has 11 heteroatoms. The third kappa shape index (κ3) is 3.98. The number of nitrogens with zero attached hydrogens (tertiary/aromatic N) is 5. The van der Waals surface area contributed by atoms with Crippen molar-refractivity contribution in [3.8, 4) is 0 Å². The number of aromatic nitrogens is 3. The Morgan fingerprint density at radius 3 is 2.73 bits per heavy atom. The Morgan fingerprint density at radius 2 is 2.07 bits per heavy atom. The molecule has 0 amide bonds. The van der Waals surface area contributed by atoms with E-state index in [1.807, 2.05) is 11.8 Å². The Bertz CT molecular complexity index is 963. The standard InChI is InChI=1S/C19H21F4N5O2/c1-12-11-30-7-6-26(12)16-8-17(29)27-5-4-15(19(21,22)23)28(18(27)25-16)10-14-3-2-13(20)9-24-14/h2-3,8-9,12,15H,4-7,10-11H2,1H3/t12-,15?/m1/s1. The SMILES string of the molecule is C[C@@H]1COCCN1c1cc(=O)n2c(n1)N(Cc1ccc(F)cn1)C(C(F)(F)F)CC2. The lowest BCUT2D eigenvalue weighted by Gasteiger charge is -2.40. The van der Waals surface area contributed by atoms with E-state index in [-0.39, 0.29) is 37.2 Å². The lowest BCUT2D eigenvalue weighted by Crippen LogP contribution is -2.52. The predicted molar refractivity (Wildman–Crippen MR) is 101 cm³/mol. The summed E-state index contributed by atoms with van der Waals surface area (Å²) in [5, 5.41) is 0. The van der Waals surface area contributed by atoms with Crippen LogP contribution in [0.5, 0.6) is 0 Å². The number of ether oxygens (including phenoxy) is 1. The number of rotatable bonds is 3. The molecule has 162 valence electrons. The molecule has 0 saturated carbocycles. The topological polar surface area (TPSA) is 63.5 Å². The molecule has 2 aromatic heterocycles. The molecule has 0 bridgehead atoms. The van der Waals surface area contributed by atoms with E-state index in [1.165, 1.54) is 16.7 Å². The van der Waals surface area contributed by atoms with Crippen molar-refractivity contribution >= 4 is 11.8 Å². The van der Waals surface area contributed by atoms with Crippen molar-refractivity contribution in [1.29, 1.82) is 0 Å². The molecule has 0 radical (unpaired) electrons. The molecule has 7 nitrogen and oxygen atoms in total. The van der Waals surface area contributed by atoms with Crippen LogP contribution in [0.15, 0.2) is 29.2 Å². The van der Waals surface area contributed by atoms with E-state index in [1.54, 1.807) is 0 Å². The molecule has 2 aliphatic heterocycles. The van der Waals surface area contributed by atoms with E-state index >= 15 is 0 Å². The normalized spacial score (nSPS) is 22.2. The van der Waals surface area contributed by atoms with Crippen LogP contribution in [0.25, 0.3) is 0 Å². The van der Waals surface area contributed by atoms with E-state index in [0.29, 0.717) is 25.6 Å². The predicted octanol–water partition coefficient (Wildman–Crippen LogP) is 2.34. The van der Waals surface area contributed by atoms with Gasteiger partial charge in [-0.05, 0) is 25.5 Å². The zero-order valence-corrected chi connectivity index (χ0v) is 16.3. The molecule has 2 atom stereocenters. The second kappa shape index (κ2) is 7.86. The van der Waals surface area contributed by atoms with Gasteiger partial charge in [0.15, 0.2) is 0 Å². The molecule has 0 aromatic carbocycles. The summed E-state index contributed by atoms with van der Waals surface area (Å²) in [5.74, 6) is -0.319. The van der Waals surface area contributed by atoms with Crippen LogP contribution < -0.4 is 15.4 Å². The minimum absolute atomic E-state index is 0.0594. The van der Waals surface area contributed by atoms with Gasteiger partial charge in [0.2, 0.25) is 5.95 Å². The van der Waals surface area contributed by atoms with Crippen molar-refractivity contribution in [3.05, 3.63) is 46.3 Å². The van der Waals surface area contributed by atoms with Crippen molar-refractivity contribution in [1.82, 2.24) is 14.5 Å². The second-order valence-electron chi connectivity index (χ2n) is 7.46. The van der Waals surface area contributed by atoms with Crippen LogP contribution in [-0.2, 0) is 17.8 Å². The fraction of sp³-hybridized carbons (Fsp3) is 0.526. The Balaban J connectivity index is 1.78. The van der Waals surface area contributed by atoms with Gasteiger partial charge in [-0.1, -0.05) is 0 Å². The highest BCUT2D eigenvalue weighted by Gasteiger charge is 2.47. The van der Waals surface area contributed by atoms with Crippen LogP contribution in [0.3, 0.4) is 0 Å². The molecule has 0 N–H and O–H groups in total. The highest BCUT2D eigenvalue weighted by Crippen LogP contribution is 2.35. The first-order valence-electron chi connectivity index (χ1n) is 9.64. The van der Waals surface area contributed by atoms with Gasteiger partial charge in [0.05, 0.1) is 37.7 Å². The molecule has 4 heterocycles. The Hall–Kier alpha value is -2.69. The van der Waals surface area contributed by atoms with Gasteiger partial charge >= 0.3 is 6.18 Å². The Labute approximate surface area is 169 Å². The fourth-order valence-corrected chi connectivity index (χ4v) is 3.87. The number of alkyl halides is 3. The molecule has 1 saturated heterocycles. The minimum atomic E-state index is -4.52. The van der Waals surface area contributed by atoms with E-state index in [4.69, 9.17) is 4.74 Å². The first-order chi connectivity index (χ1) is 14.2. The third-order valence-corrected chi connectivity index (χ3v) is 5.39. The van der Waals surface area contributed by atoms with Crippen molar-refractivity contribution in [2.45, 2.75) is 44.7 Å². The summed E-state index contributed by atoms with van der Waals surface area (Å²) in [5.41, 5.74) is -0.162.